The fraction of sp³-hybridized carbons (Fsp3) is 0.200. The van der Waals surface area contributed by atoms with Crippen LogP contribution in [0, 0.1) is 5.82 Å². The van der Waals surface area contributed by atoms with Crippen LogP contribution in [0.5, 0.6) is 0 Å². The van der Waals surface area contributed by atoms with Crippen molar-refractivity contribution >= 4 is 17.4 Å². The van der Waals surface area contributed by atoms with Gasteiger partial charge in [-0.2, -0.15) is 0 Å². The van der Waals surface area contributed by atoms with Crippen LogP contribution in [0.25, 0.3) is 0 Å². The lowest BCUT2D eigenvalue weighted by Crippen LogP contribution is -2.07. The van der Waals surface area contributed by atoms with Crippen LogP contribution in [0.2, 0.25) is 0 Å². The Hall–Kier alpha value is -1.48. The topological polar surface area (TPSA) is 12.0 Å². The normalized spacial score (nSPS) is 12.2. The van der Waals surface area contributed by atoms with Gasteiger partial charge in [-0.1, -0.05) is 24.3 Å². The van der Waals surface area contributed by atoms with Crippen molar-refractivity contribution in [2.75, 3.05) is 11.6 Å². The van der Waals surface area contributed by atoms with E-state index in [1.54, 1.807) is 23.9 Å². The molecular weight excluding hydrogens is 245 g/mol. The SMILES string of the molecule is CSc1ccc(C(C)Nc2ccccc2F)cc1. The molecule has 0 radical (unpaired) electrons. The summed E-state index contributed by atoms with van der Waals surface area (Å²) in [5.74, 6) is -0.218. The highest BCUT2D eigenvalue weighted by Crippen LogP contribution is 2.23. The Morgan fingerprint density at radius 2 is 1.72 bits per heavy atom. The van der Waals surface area contributed by atoms with Crippen LogP contribution >= 0.6 is 11.8 Å². The standard InChI is InChI=1S/C15H16FNS/c1-11(12-7-9-13(18-2)10-8-12)17-15-6-4-3-5-14(15)16/h3-11,17H,1-2H3. The summed E-state index contributed by atoms with van der Waals surface area (Å²) in [5.41, 5.74) is 1.69. The number of halogens is 1. The summed E-state index contributed by atoms with van der Waals surface area (Å²) in [6, 6.07) is 15.1. The molecule has 94 valence electrons. The van der Waals surface area contributed by atoms with Gasteiger partial charge in [0.05, 0.1) is 5.69 Å². The van der Waals surface area contributed by atoms with Gasteiger partial charge in [-0.25, -0.2) is 4.39 Å². The van der Waals surface area contributed by atoms with Crippen molar-refractivity contribution in [2.45, 2.75) is 17.9 Å². The fourth-order valence-electron chi connectivity index (χ4n) is 1.79. The lowest BCUT2D eigenvalue weighted by Gasteiger charge is -2.16. The second kappa shape index (κ2) is 5.91. The molecule has 0 heterocycles. The van der Waals surface area contributed by atoms with Gasteiger partial charge in [0.15, 0.2) is 0 Å². The summed E-state index contributed by atoms with van der Waals surface area (Å²) in [5, 5.41) is 3.18. The van der Waals surface area contributed by atoms with Crippen molar-refractivity contribution < 1.29 is 4.39 Å². The summed E-state index contributed by atoms with van der Waals surface area (Å²) in [6.45, 7) is 2.03. The van der Waals surface area contributed by atoms with Crippen LogP contribution < -0.4 is 5.32 Å². The molecule has 2 aromatic rings. The van der Waals surface area contributed by atoms with Crippen LogP contribution in [0.3, 0.4) is 0 Å². The maximum Gasteiger partial charge on any atom is 0.146 e. The van der Waals surface area contributed by atoms with Gasteiger partial charge >= 0.3 is 0 Å². The molecule has 3 heteroatoms. The maximum atomic E-state index is 13.5. The zero-order valence-corrected chi connectivity index (χ0v) is 11.3. The monoisotopic (exact) mass is 261 g/mol. The molecule has 1 unspecified atom stereocenters. The van der Waals surface area contributed by atoms with Gasteiger partial charge in [0.2, 0.25) is 0 Å². The molecule has 0 aliphatic rings. The number of benzene rings is 2. The van der Waals surface area contributed by atoms with E-state index >= 15 is 0 Å². The van der Waals surface area contributed by atoms with Gasteiger partial charge in [-0.05, 0) is 43.0 Å². The van der Waals surface area contributed by atoms with Crippen molar-refractivity contribution in [3.05, 3.63) is 59.9 Å². The third kappa shape index (κ3) is 3.05. The Balaban J connectivity index is 2.11. The summed E-state index contributed by atoms with van der Waals surface area (Å²) in [7, 11) is 0. The Morgan fingerprint density at radius 1 is 1.06 bits per heavy atom. The summed E-state index contributed by atoms with van der Waals surface area (Å²) >= 11 is 1.72. The molecule has 0 bridgehead atoms. The Morgan fingerprint density at radius 3 is 2.33 bits per heavy atom. The molecule has 0 aromatic heterocycles. The smallest absolute Gasteiger partial charge is 0.146 e. The van der Waals surface area contributed by atoms with Gasteiger partial charge in [0, 0.05) is 10.9 Å². The van der Waals surface area contributed by atoms with E-state index in [-0.39, 0.29) is 11.9 Å². The molecule has 1 N–H and O–H groups in total. The number of nitrogens with one attached hydrogen (secondary N) is 1. The zero-order chi connectivity index (χ0) is 13.0. The fourth-order valence-corrected chi connectivity index (χ4v) is 2.20. The Bertz CT molecular complexity index is 510. The molecule has 18 heavy (non-hydrogen) atoms. The van der Waals surface area contributed by atoms with Crippen molar-refractivity contribution in [2.24, 2.45) is 0 Å². The minimum Gasteiger partial charge on any atom is -0.376 e. The lowest BCUT2D eigenvalue weighted by molar-refractivity contribution is 0.627. The number of rotatable bonds is 4. The molecule has 0 aliphatic heterocycles. The van der Waals surface area contributed by atoms with Gasteiger partial charge < -0.3 is 5.32 Å². The van der Waals surface area contributed by atoms with E-state index in [2.05, 4.69) is 35.8 Å². The van der Waals surface area contributed by atoms with Crippen LogP contribution in [-0.4, -0.2) is 6.26 Å². The lowest BCUT2D eigenvalue weighted by atomic mass is 10.1. The predicted octanol–water partition coefficient (Wildman–Crippen LogP) is 4.72. The molecule has 0 amide bonds. The predicted molar refractivity (Wildman–Crippen MR) is 76.7 cm³/mol. The molecule has 2 aromatic carbocycles. The zero-order valence-electron chi connectivity index (χ0n) is 10.5. The first-order valence-electron chi connectivity index (χ1n) is 5.85. The molecule has 0 saturated heterocycles. The van der Waals surface area contributed by atoms with Gasteiger partial charge in [-0.3, -0.25) is 0 Å². The molecule has 1 atom stereocenters. The minimum atomic E-state index is -0.218. The maximum absolute atomic E-state index is 13.5. The first kappa shape index (κ1) is 13.0. The van der Waals surface area contributed by atoms with Crippen LogP contribution in [0.1, 0.15) is 18.5 Å². The Labute approximate surface area is 111 Å². The minimum absolute atomic E-state index is 0.0813. The molecule has 1 nitrogen and oxygen atoms in total. The highest BCUT2D eigenvalue weighted by atomic mass is 32.2. The number of anilines is 1. The van der Waals surface area contributed by atoms with Crippen LogP contribution in [-0.2, 0) is 0 Å². The second-order valence-electron chi connectivity index (χ2n) is 4.12. The highest BCUT2D eigenvalue weighted by Gasteiger charge is 2.07. The van der Waals surface area contributed by atoms with E-state index in [1.165, 1.54) is 11.0 Å². The quantitative estimate of drug-likeness (QED) is 0.799. The molecule has 0 spiro atoms. The van der Waals surface area contributed by atoms with Crippen molar-refractivity contribution in [1.82, 2.24) is 0 Å². The number of thioether (sulfide) groups is 1. The summed E-state index contributed by atoms with van der Waals surface area (Å²) < 4.78 is 13.5. The average molecular weight is 261 g/mol. The number of hydrogen-bond acceptors (Lipinski definition) is 2. The van der Waals surface area contributed by atoms with Crippen LogP contribution in [0.15, 0.2) is 53.4 Å². The molecular formula is C15H16FNS. The third-order valence-electron chi connectivity index (χ3n) is 2.86. The molecule has 0 aliphatic carbocycles. The van der Waals surface area contributed by atoms with Crippen molar-refractivity contribution in [1.29, 1.82) is 0 Å². The van der Waals surface area contributed by atoms with Crippen molar-refractivity contribution in [3.63, 3.8) is 0 Å². The van der Waals surface area contributed by atoms with Crippen molar-refractivity contribution in [3.8, 4) is 0 Å². The van der Waals surface area contributed by atoms with Gasteiger partial charge in [0.1, 0.15) is 5.82 Å². The summed E-state index contributed by atoms with van der Waals surface area (Å²) in [4.78, 5) is 1.23. The largest absolute Gasteiger partial charge is 0.376 e. The van der Waals surface area contributed by atoms with E-state index in [0.717, 1.165) is 5.56 Å². The van der Waals surface area contributed by atoms with E-state index in [4.69, 9.17) is 0 Å². The van der Waals surface area contributed by atoms with E-state index in [9.17, 15) is 4.39 Å². The van der Waals surface area contributed by atoms with Gasteiger partial charge in [-0.15, -0.1) is 11.8 Å². The first-order valence-corrected chi connectivity index (χ1v) is 7.08. The van der Waals surface area contributed by atoms with Gasteiger partial charge in [0.25, 0.3) is 0 Å². The third-order valence-corrected chi connectivity index (χ3v) is 3.61. The first-order chi connectivity index (χ1) is 8.70. The van der Waals surface area contributed by atoms with E-state index in [0.29, 0.717) is 5.69 Å². The Kier molecular flexibility index (Phi) is 4.26. The number of para-hydroxylation sites is 1. The molecule has 0 fully saturated rings. The molecule has 0 saturated carbocycles. The molecule has 2 rings (SSSR count). The average Bonchev–Trinajstić information content (AvgIpc) is 2.41. The van der Waals surface area contributed by atoms with E-state index < -0.39 is 0 Å². The highest BCUT2D eigenvalue weighted by molar-refractivity contribution is 7.98. The summed E-state index contributed by atoms with van der Waals surface area (Å²) in [6.07, 6.45) is 2.05. The van der Waals surface area contributed by atoms with Crippen LogP contribution in [0.4, 0.5) is 10.1 Å². The van der Waals surface area contributed by atoms with E-state index in [1.807, 2.05) is 13.0 Å². The second-order valence-corrected chi connectivity index (χ2v) is 5.00. The number of hydrogen-bond donors (Lipinski definition) is 1.